The van der Waals surface area contributed by atoms with Gasteiger partial charge in [-0.25, -0.2) is 13.2 Å². The van der Waals surface area contributed by atoms with Crippen LogP contribution in [0.2, 0.25) is 0 Å². The highest BCUT2D eigenvalue weighted by Crippen LogP contribution is 2.36. The highest BCUT2D eigenvalue weighted by molar-refractivity contribution is 7.92. The first-order valence-corrected chi connectivity index (χ1v) is 12.4. The van der Waals surface area contributed by atoms with Crippen LogP contribution in [-0.2, 0) is 26.0 Å². The summed E-state index contributed by atoms with van der Waals surface area (Å²) in [6.07, 6.45) is 0.618. The minimum absolute atomic E-state index is 0.00881. The molecule has 1 atom stereocenters. The van der Waals surface area contributed by atoms with Crippen molar-refractivity contribution in [1.29, 1.82) is 0 Å². The number of hydrogen-bond donors (Lipinski definition) is 1. The van der Waals surface area contributed by atoms with Gasteiger partial charge >= 0.3 is 5.97 Å². The first-order chi connectivity index (χ1) is 16.2. The van der Waals surface area contributed by atoms with E-state index in [1.807, 2.05) is 51.1 Å². The van der Waals surface area contributed by atoms with E-state index in [0.717, 1.165) is 16.7 Å². The van der Waals surface area contributed by atoms with Crippen LogP contribution in [0.5, 0.6) is 0 Å². The molecule has 3 aromatic carbocycles. The Labute approximate surface area is 199 Å². The van der Waals surface area contributed by atoms with E-state index in [1.54, 1.807) is 12.1 Å². The van der Waals surface area contributed by atoms with Crippen LogP contribution < -0.4 is 9.62 Å². The van der Waals surface area contributed by atoms with E-state index in [1.165, 1.54) is 28.6 Å². The van der Waals surface area contributed by atoms with Crippen molar-refractivity contribution in [3.05, 3.63) is 89.0 Å². The number of aryl methyl sites for hydroxylation is 2. The number of anilines is 2. The number of carbonyl (C=O) groups excluding carboxylic acids is 2. The van der Waals surface area contributed by atoms with Gasteiger partial charge in [0.15, 0.2) is 6.61 Å². The van der Waals surface area contributed by atoms with Gasteiger partial charge in [0.2, 0.25) is 0 Å². The quantitative estimate of drug-likeness (QED) is 0.535. The van der Waals surface area contributed by atoms with E-state index >= 15 is 0 Å². The lowest BCUT2D eigenvalue weighted by atomic mass is 10.1. The Morgan fingerprint density at radius 2 is 1.68 bits per heavy atom. The summed E-state index contributed by atoms with van der Waals surface area (Å²) in [5, 5.41) is 2.75. The second kappa shape index (κ2) is 9.30. The Balaban J connectivity index is 1.48. The van der Waals surface area contributed by atoms with Crippen molar-refractivity contribution in [3.8, 4) is 0 Å². The van der Waals surface area contributed by atoms with Gasteiger partial charge in [-0.15, -0.1) is 0 Å². The Bertz CT molecular complexity index is 1350. The van der Waals surface area contributed by atoms with Gasteiger partial charge < -0.3 is 10.1 Å². The molecular formula is C26H26N2O5S. The molecule has 0 saturated heterocycles. The second-order valence-electron chi connectivity index (χ2n) is 8.40. The molecule has 0 radical (unpaired) electrons. The molecule has 1 unspecified atom stereocenters. The topological polar surface area (TPSA) is 92.8 Å². The summed E-state index contributed by atoms with van der Waals surface area (Å²) in [6, 6.07) is 18.5. The maximum atomic E-state index is 13.4. The number of esters is 1. The fourth-order valence-electron chi connectivity index (χ4n) is 4.20. The summed E-state index contributed by atoms with van der Waals surface area (Å²) in [7, 11) is -3.89. The number of sulfonamides is 1. The molecule has 8 heteroatoms. The van der Waals surface area contributed by atoms with E-state index in [9.17, 15) is 18.0 Å². The molecule has 0 bridgehead atoms. The minimum Gasteiger partial charge on any atom is -0.452 e. The zero-order valence-corrected chi connectivity index (χ0v) is 20.1. The molecule has 1 amide bonds. The van der Waals surface area contributed by atoms with Gasteiger partial charge in [0.05, 0.1) is 16.1 Å². The van der Waals surface area contributed by atoms with Crippen LogP contribution in [0.15, 0.2) is 71.6 Å². The zero-order valence-electron chi connectivity index (χ0n) is 19.2. The number of rotatable bonds is 6. The Morgan fingerprint density at radius 1 is 1.00 bits per heavy atom. The average Bonchev–Trinajstić information content (AvgIpc) is 3.16. The number of nitrogens with one attached hydrogen (secondary N) is 1. The first kappa shape index (κ1) is 23.5. The lowest BCUT2D eigenvalue weighted by molar-refractivity contribution is -0.119. The monoisotopic (exact) mass is 478 g/mol. The number of carbonyl (C=O) groups is 2. The molecule has 1 N–H and O–H groups in total. The fourth-order valence-corrected chi connectivity index (χ4v) is 5.94. The van der Waals surface area contributed by atoms with Crippen LogP contribution in [0.4, 0.5) is 11.4 Å². The minimum atomic E-state index is -3.89. The summed E-state index contributed by atoms with van der Waals surface area (Å²) in [5.74, 6) is -1.25. The van der Waals surface area contributed by atoms with Crippen molar-refractivity contribution >= 4 is 33.3 Å². The van der Waals surface area contributed by atoms with Gasteiger partial charge in [-0.05, 0) is 68.1 Å². The summed E-state index contributed by atoms with van der Waals surface area (Å²) >= 11 is 0. The molecule has 0 spiro atoms. The molecule has 0 aromatic heterocycles. The molecule has 4 rings (SSSR count). The van der Waals surface area contributed by atoms with Gasteiger partial charge in [0.1, 0.15) is 0 Å². The molecule has 34 heavy (non-hydrogen) atoms. The summed E-state index contributed by atoms with van der Waals surface area (Å²) < 4.78 is 33.4. The van der Waals surface area contributed by atoms with Crippen LogP contribution >= 0.6 is 0 Å². The van der Waals surface area contributed by atoms with Gasteiger partial charge in [-0.3, -0.25) is 9.10 Å². The second-order valence-corrected chi connectivity index (χ2v) is 10.2. The van der Waals surface area contributed by atoms with Crippen molar-refractivity contribution in [3.63, 3.8) is 0 Å². The maximum Gasteiger partial charge on any atom is 0.338 e. The largest absolute Gasteiger partial charge is 0.452 e. The number of para-hydroxylation sites is 2. The number of amides is 1. The Hall–Kier alpha value is -3.65. The first-order valence-electron chi connectivity index (χ1n) is 10.9. The number of ether oxygens (including phenoxy) is 1. The van der Waals surface area contributed by atoms with Crippen LogP contribution in [-0.4, -0.2) is 32.9 Å². The number of nitrogens with zero attached hydrogens (tertiary/aromatic N) is 1. The third-order valence-corrected chi connectivity index (χ3v) is 7.78. The van der Waals surface area contributed by atoms with Crippen molar-refractivity contribution in [2.75, 3.05) is 16.2 Å². The normalized spacial score (nSPS) is 15.0. The number of hydrogen-bond acceptors (Lipinski definition) is 5. The van der Waals surface area contributed by atoms with Gasteiger partial charge in [-0.2, -0.15) is 0 Å². The molecule has 1 aliphatic rings. The third kappa shape index (κ3) is 4.54. The molecule has 0 aliphatic carbocycles. The van der Waals surface area contributed by atoms with Gasteiger partial charge in [0.25, 0.3) is 15.9 Å². The molecule has 1 heterocycles. The highest BCUT2D eigenvalue weighted by atomic mass is 32.2. The third-order valence-electron chi connectivity index (χ3n) is 5.85. The SMILES string of the molecule is Cc1cccc(C)c1NC(=O)COC(=O)c1cccc(S(=O)(=O)N2c3ccccc3CC2C)c1. The highest BCUT2D eigenvalue weighted by Gasteiger charge is 2.36. The molecule has 0 saturated carbocycles. The predicted molar refractivity (Wildman–Crippen MR) is 131 cm³/mol. The van der Waals surface area contributed by atoms with Crippen LogP contribution in [0.3, 0.4) is 0 Å². The van der Waals surface area contributed by atoms with Crippen molar-refractivity contribution in [1.82, 2.24) is 0 Å². The average molecular weight is 479 g/mol. The molecule has 0 fully saturated rings. The fraction of sp³-hybridized carbons (Fsp3) is 0.231. The smallest absolute Gasteiger partial charge is 0.338 e. The van der Waals surface area contributed by atoms with Crippen LogP contribution in [0, 0.1) is 13.8 Å². The van der Waals surface area contributed by atoms with E-state index in [2.05, 4.69) is 5.32 Å². The van der Waals surface area contributed by atoms with Gasteiger partial charge in [-0.1, -0.05) is 42.5 Å². The number of benzene rings is 3. The van der Waals surface area contributed by atoms with E-state index in [-0.39, 0.29) is 16.5 Å². The van der Waals surface area contributed by atoms with E-state index in [0.29, 0.717) is 17.8 Å². The lowest BCUT2D eigenvalue weighted by Gasteiger charge is -2.24. The predicted octanol–water partition coefficient (Wildman–Crippen LogP) is 4.24. The standard InChI is InChI=1S/C26H26N2O5S/c1-17-8-6-9-18(2)25(17)27-24(29)16-33-26(30)21-11-7-12-22(15-21)34(31,32)28-19(3)14-20-10-4-5-13-23(20)28/h4-13,15,19H,14,16H2,1-3H3,(H,27,29). The molecular weight excluding hydrogens is 452 g/mol. The molecule has 176 valence electrons. The summed E-state index contributed by atoms with van der Waals surface area (Å²) in [4.78, 5) is 24.9. The Kier molecular flexibility index (Phi) is 6.43. The molecule has 1 aliphatic heterocycles. The van der Waals surface area contributed by atoms with Crippen LogP contribution in [0.1, 0.15) is 34.0 Å². The van der Waals surface area contributed by atoms with Gasteiger partial charge in [0, 0.05) is 11.7 Å². The lowest BCUT2D eigenvalue weighted by Crippen LogP contribution is -2.35. The van der Waals surface area contributed by atoms with Crippen LogP contribution in [0.25, 0.3) is 0 Å². The summed E-state index contributed by atoms with van der Waals surface area (Å²) in [5.41, 5.74) is 4.14. The van der Waals surface area contributed by atoms with E-state index < -0.39 is 28.5 Å². The maximum absolute atomic E-state index is 13.4. The molecule has 7 nitrogen and oxygen atoms in total. The van der Waals surface area contributed by atoms with Crippen molar-refractivity contribution in [2.24, 2.45) is 0 Å². The number of fused-ring (bicyclic) bond motifs is 1. The zero-order chi connectivity index (χ0) is 24.5. The summed E-state index contributed by atoms with van der Waals surface area (Å²) in [6.45, 7) is 5.12. The van der Waals surface area contributed by atoms with Crippen molar-refractivity contribution < 1.29 is 22.7 Å². The van der Waals surface area contributed by atoms with E-state index in [4.69, 9.17) is 4.74 Å². The molecule has 3 aromatic rings. The van der Waals surface area contributed by atoms with Crippen molar-refractivity contribution in [2.45, 2.75) is 38.1 Å². The Morgan fingerprint density at radius 3 is 2.41 bits per heavy atom.